The lowest BCUT2D eigenvalue weighted by Gasteiger charge is -2.18. The summed E-state index contributed by atoms with van der Waals surface area (Å²) in [5, 5.41) is 5.15. The maximum Gasteiger partial charge on any atom is 0.573 e. The molecule has 27 heavy (non-hydrogen) atoms. The van der Waals surface area contributed by atoms with E-state index in [1.54, 1.807) is 6.07 Å². The molecule has 146 valence electrons. The van der Waals surface area contributed by atoms with Crippen LogP contribution in [0.25, 0.3) is 0 Å². The molecule has 2 aromatic rings. The Kier molecular flexibility index (Phi) is 7.17. The number of alkyl halides is 3. The second kappa shape index (κ2) is 9.36. The van der Waals surface area contributed by atoms with Crippen LogP contribution in [0, 0.1) is 0 Å². The molecule has 0 bridgehead atoms. The Morgan fingerprint density at radius 2 is 1.93 bits per heavy atom. The van der Waals surface area contributed by atoms with E-state index < -0.39 is 30.0 Å². The van der Waals surface area contributed by atoms with Gasteiger partial charge < -0.3 is 19.8 Å². The van der Waals surface area contributed by atoms with Crippen molar-refractivity contribution >= 4 is 29.3 Å². The van der Waals surface area contributed by atoms with E-state index in [2.05, 4.69) is 15.4 Å². The number of ether oxygens (including phenoxy) is 1. The number of hydrogen-bond acceptors (Lipinski definition) is 5. The maximum atomic E-state index is 12.5. The van der Waals surface area contributed by atoms with E-state index >= 15 is 0 Å². The molecule has 0 unspecified atom stereocenters. The van der Waals surface area contributed by atoms with Crippen LogP contribution in [0.4, 0.5) is 18.9 Å². The number of benzene rings is 1. The van der Waals surface area contributed by atoms with E-state index in [1.165, 1.54) is 36.2 Å². The number of halogens is 3. The first-order valence-electron chi connectivity index (χ1n) is 7.78. The molecule has 2 rings (SSSR count). The molecule has 0 radical (unpaired) electrons. The van der Waals surface area contributed by atoms with Crippen molar-refractivity contribution in [3.63, 3.8) is 0 Å². The van der Waals surface area contributed by atoms with Gasteiger partial charge in [-0.05, 0) is 54.8 Å². The van der Waals surface area contributed by atoms with Gasteiger partial charge in [0.15, 0.2) is 5.76 Å². The second-order valence-corrected chi connectivity index (χ2v) is 6.33. The minimum atomic E-state index is -4.79. The number of anilines is 1. The highest BCUT2D eigenvalue weighted by Gasteiger charge is 2.31. The van der Waals surface area contributed by atoms with Crippen molar-refractivity contribution in [1.29, 1.82) is 0 Å². The van der Waals surface area contributed by atoms with Crippen LogP contribution in [0.3, 0.4) is 0 Å². The molecule has 1 heterocycles. The topological polar surface area (TPSA) is 80.6 Å². The van der Waals surface area contributed by atoms with Crippen molar-refractivity contribution < 1.29 is 31.9 Å². The molecule has 1 aromatic carbocycles. The van der Waals surface area contributed by atoms with Crippen molar-refractivity contribution in [2.24, 2.45) is 0 Å². The third-order valence-corrected chi connectivity index (χ3v) is 3.98. The van der Waals surface area contributed by atoms with Gasteiger partial charge >= 0.3 is 6.36 Å². The highest BCUT2D eigenvalue weighted by Crippen LogP contribution is 2.24. The lowest BCUT2D eigenvalue weighted by atomic mass is 10.2. The summed E-state index contributed by atoms with van der Waals surface area (Å²) in [4.78, 5) is 24.6. The number of carbonyl (C=O) groups is 2. The first kappa shape index (κ1) is 20.7. The summed E-state index contributed by atoms with van der Waals surface area (Å²) < 4.78 is 45.3. The summed E-state index contributed by atoms with van der Waals surface area (Å²) in [5.74, 6) is -0.728. The van der Waals surface area contributed by atoms with Gasteiger partial charge in [-0.2, -0.15) is 11.8 Å². The zero-order valence-corrected chi connectivity index (χ0v) is 15.0. The number of thioether (sulfide) groups is 1. The monoisotopic (exact) mass is 402 g/mol. The summed E-state index contributed by atoms with van der Waals surface area (Å²) in [5.41, 5.74) is 0.274. The molecular weight excluding hydrogens is 385 g/mol. The largest absolute Gasteiger partial charge is 0.573 e. The smallest absolute Gasteiger partial charge is 0.459 e. The number of rotatable bonds is 8. The van der Waals surface area contributed by atoms with Crippen molar-refractivity contribution in [2.75, 3.05) is 17.3 Å². The number of hydrogen-bond donors (Lipinski definition) is 2. The molecule has 0 saturated carbocycles. The first-order chi connectivity index (χ1) is 12.8. The molecule has 2 amide bonds. The standard InChI is InChI=1S/C17H17F3N2O4S/c1-27-10-8-13(22-16(24)14-3-2-9-25-14)15(23)21-11-4-6-12(7-5-11)26-17(18,19)20/h2-7,9,13H,8,10H2,1H3,(H,21,23)(H,22,24)/t13-/m0/s1. The second-order valence-electron chi connectivity index (χ2n) is 5.35. The summed E-state index contributed by atoms with van der Waals surface area (Å²) in [7, 11) is 0. The molecule has 10 heteroatoms. The molecular formula is C17H17F3N2O4S. The zero-order valence-electron chi connectivity index (χ0n) is 14.2. The van der Waals surface area contributed by atoms with Crippen LogP contribution in [0.15, 0.2) is 47.1 Å². The third kappa shape index (κ3) is 6.89. The Morgan fingerprint density at radius 1 is 1.22 bits per heavy atom. The molecule has 0 aliphatic carbocycles. The van der Waals surface area contributed by atoms with Crippen molar-refractivity contribution in [1.82, 2.24) is 5.32 Å². The summed E-state index contributed by atoms with van der Waals surface area (Å²) in [6.45, 7) is 0. The number of amides is 2. The number of carbonyl (C=O) groups excluding carboxylic acids is 2. The van der Waals surface area contributed by atoms with Crippen LogP contribution in [0.5, 0.6) is 5.75 Å². The fourth-order valence-electron chi connectivity index (χ4n) is 2.11. The van der Waals surface area contributed by atoms with Gasteiger partial charge in [0.25, 0.3) is 5.91 Å². The molecule has 2 N–H and O–H groups in total. The first-order valence-corrected chi connectivity index (χ1v) is 9.18. The average Bonchev–Trinajstić information content (AvgIpc) is 3.13. The summed E-state index contributed by atoms with van der Waals surface area (Å²) in [6.07, 6.45) is -1.21. The number of furan rings is 1. The third-order valence-electron chi connectivity index (χ3n) is 3.33. The van der Waals surface area contributed by atoms with Crippen LogP contribution in [-0.2, 0) is 4.79 Å². The van der Waals surface area contributed by atoms with E-state index in [4.69, 9.17) is 4.42 Å². The predicted octanol–water partition coefficient (Wildman–Crippen LogP) is 3.67. The lowest BCUT2D eigenvalue weighted by molar-refractivity contribution is -0.274. The van der Waals surface area contributed by atoms with Crippen LogP contribution >= 0.6 is 11.8 Å². The highest BCUT2D eigenvalue weighted by molar-refractivity contribution is 7.98. The molecule has 0 aliphatic heterocycles. The highest BCUT2D eigenvalue weighted by atomic mass is 32.2. The Hall–Kier alpha value is -2.62. The van der Waals surface area contributed by atoms with Crippen LogP contribution in [0.2, 0.25) is 0 Å². The minimum absolute atomic E-state index is 0.0746. The molecule has 0 saturated heterocycles. The van der Waals surface area contributed by atoms with Gasteiger partial charge in [-0.3, -0.25) is 9.59 Å². The van der Waals surface area contributed by atoms with Crippen molar-refractivity contribution in [2.45, 2.75) is 18.8 Å². The molecule has 0 aliphatic rings. The fraction of sp³-hybridized carbons (Fsp3) is 0.294. The van der Waals surface area contributed by atoms with Crippen LogP contribution in [0.1, 0.15) is 17.0 Å². The Balaban J connectivity index is 2.01. The fourth-order valence-corrected chi connectivity index (χ4v) is 2.58. The summed E-state index contributed by atoms with van der Waals surface area (Å²) in [6, 6.07) is 6.91. The van der Waals surface area contributed by atoms with E-state index in [-0.39, 0.29) is 11.4 Å². The minimum Gasteiger partial charge on any atom is -0.459 e. The van der Waals surface area contributed by atoms with E-state index in [9.17, 15) is 22.8 Å². The van der Waals surface area contributed by atoms with Gasteiger partial charge in [0.05, 0.1) is 6.26 Å². The maximum absolute atomic E-state index is 12.5. The molecule has 1 atom stereocenters. The molecule has 0 spiro atoms. The van der Waals surface area contributed by atoms with Gasteiger partial charge in [-0.1, -0.05) is 0 Å². The van der Waals surface area contributed by atoms with Crippen LogP contribution < -0.4 is 15.4 Å². The van der Waals surface area contributed by atoms with E-state index in [0.29, 0.717) is 12.2 Å². The number of nitrogens with one attached hydrogen (secondary N) is 2. The van der Waals surface area contributed by atoms with Gasteiger partial charge in [-0.15, -0.1) is 13.2 Å². The van der Waals surface area contributed by atoms with Crippen molar-refractivity contribution in [3.05, 3.63) is 48.4 Å². The van der Waals surface area contributed by atoms with E-state index in [1.807, 2.05) is 6.26 Å². The molecule has 6 nitrogen and oxygen atoms in total. The van der Waals surface area contributed by atoms with Gasteiger partial charge in [0.2, 0.25) is 5.91 Å². The Labute approximate surface area is 157 Å². The lowest BCUT2D eigenvalue weighted by Crippen LogP contribution is -2.44. The molecule has 0 fully saturated rings. The zero-order chi connectivity index (χ0) is 19.9. The van der Waals surface area contributed by atoms with Crippen LogP contribution in [-0.4, -0.2) is 36.2 Å². The normalized spacial score (nSPS) is 12.3. The Morgan fingerprint density at radius 3 is 2.48 bits per heavy atom. The quantitative estimate of drug-likeness (QED) is 0.704. The Bertz CT molecular complexity index is 749. The van der Waals surface area contributed by atoms with Gasteiger partial charge in [0, 0.05) is 5.69 Å². The van der Waals surface area contributed by atoms with Gasteiger partial charge in [-0.25, -0.2) is 0 Å². The van der Waals surface area contributed by atoms with Crippen molar-refractivity contribution in [3.8, 4) is 5.75 Å². The average molecular weight is 402 g/mol. The van der Waals surface area contributed by atoms with Gasteiger partial charge in [0.1, 0.15) is 11.8 Å². The SMILES string of the molecule is CSCC[C@H](NC(=O)c1ccco1)C(=O)Nc1ccc(OC(F)(F)F)cc1. The molecule has 1 aromatic heterocycles. The summed E-state index contributed by atoms with van der Waals surface area (Å²) >= 11 is 1.51. The predicted molar refractivity (Wildman–Crippen MR) is 94.7 cm³/mol. The van der Waals surface area contributed by atoms with E-state index in [0.717, 1.165) is 12.1 Å².